The minimum atomic E-state index is -1.08. The lowest BCUT2D eigenvalue weighted by atomic mass is 9.76. The van der Waals surface area contributed by atoms with Gasteiger partial charge in [-0.25, -0.2) is 4.79 Å². The molecule has 2 aliphatic rings. The fourth-order valence-electron chi connectivity index (χ4n) is 5.68. The van der Waals surface area contributed by atoms with E-state index in [1.165, 1.54) is 0 Å². The van der Waals surface area contributed by atoms with E-state index in [1.54, 1.807) is 6.92 Å². The molecule has 3 aromatic carbocycles. The minimum absolute atomic E-state index is 0.00684. The number of hydrogen-bond donors (Lipinski definition) is 3. The molecule has 5 rings (SSSR count). The van der Waals surface area contributed by atoms with Crippen LogP contribution in [0, 0.1) is 11.8 Å². The van der Waals surface area contributed by atoms with Gasteiger partial charge in [0.2, 0.25) is 5.91 Å². The van der Waals surface area contributed by atoms with Gasteiger partial charge in [0, 0.05) is 12.5 Å². The minimum Gasteiger partial charge on any atom is -0.481 e. The van der Waals surface area contributed by atoms with Crippen molar-refractivity contribution in [1.29, 1.82) is 0 Å². The number of benzene rings is 3. The highest BCUT2D eigenvalue weighted by Crippen LogP contribution is 2.44. The molecule has 2 aliphatic carbocycles. The van der Waals surface area contributed by atoms with Crippen LogP contribution in [0.15, 0.2) is 78.9 Å². The Labute approximate surface area is 240 Å². The Bertz CT molecular complexity index is 1330. The summed E-state index contributed by atoms with van der Waals surface area (Å²) in [6.45, 7) is 2.05. The van der Waals surface area contributed by atoms with Crippen LogP contribution in [-0.2, 0) is 25.7 Å². The van der Waals surface area contributed by atoms with Crippen LogP contribution in [0.2, 0.25) is 0 Å². The van der Waals surface area contributed by atoms with Crippen molar-refractivity contribution in [3.05, 3.63) is 95.6 Å². The van der Waals surface area contributed by atoms with Crippen LogP contribution in [0.3, 0.4) is 0 Å². The molecule has 3 atom stereocenters. The standard InChI is InChI=1S/C33H36N2O6/c1-21(40-19-22-10-3-2-4-11-22)30(31(36)34-18-28(32(37)38)23-12-9-13-23)35-33(39)41-20-29-26-16-7-5-14-24(26)25-15-6-8-17-27(25)29/h2-8,10-11,14-17,21,23,28-30H,9,12-13,18-20H2,1H3,(H,34,36)(H,35,39)(H,37,38). The van der Waals surface area contributed by atoms with E-state index < -0.39 is 36.0 Å². The van der Waals surface area contributed by atoms with Crippen molar-refractivity contribution in [2.24, 2.45) is 11.8 Å². The van der Waals surface area contributed by atoms with E-state index in [9.17, 15) is 19.5 Å². The Morgan fingerprint density at radius 2 is 1.51 bits per heavy atom. The van der Waals surface area contributed by atoms with Crippen LogP contribution < -0.4 is 10.6 Å². The monoisotopic (exact) mass is 556 g/mol. The molecule has 3 unspecified atom stereocenters. The molecule has 214 valence electrons. The second-order valence-corrected chi connectivity index (χ2v) is 10.8. The Morgan fingerprint density at radius 3 is 2.10 bits per heavy atom. The predicted molar refractivity (Wildman–Crippen MR) is 154 cm³/mol. The van der Waals surface area contributed by atoms with Gasteiger partial charge >= 0.3 is 12.1 Å². The van der Waals surface area contributed by atoms with Crippen molar-refractivity contribution in [3.63, 3.8) is 0 Å². The van der Waals surface area contributed by atoms with E-state index in [1.807, 2.05) is 66.7 Å². The quantitative estimate of drug-likeness (QED) is 0.286. The van der Waals surface area contributed by atoms with Gasteiger partial charge in [-0.15, -0.1) is 0 Å². The molecule has 8 nitrogen and oxygen atoms in total. The number of amides is 2. The predicted octanol–water partition coefficient (Wildman–Crippen LogP) is 5.12. The maximum atomic E-state index is 13.3. The molecule has 0 bridgehead atoms. The second kappa shape index (κ2) is 13.0. The first-order chi connectivity index (χ1) is 19.9. The Kier molecular flexibility index (Phi) is 8.99. The molecular weight excluding hydrogens is 520 g/mol. The Balaban J connectivity index is 1.25. The number of carboxylic acids is 1. The summed E-state index contributed by atoms with van der Waals surface area (Å²) in [6.07, 6.45) is 1.23. The van der Waals surface area contributed by atoms with E-state index in [4.69, 9.17) is 9.47 Å². The molecule has 8 heteroatoms. The Morgan fingerprint density at radius 1 is 0.902 bits per heavy atom. The number of fused-ring (bicyclic) bond motifs is 3. The zero-order valence-corrected chi connectivity index (χ0v) is 23.1. The zero-order valence-electron chi connectivity index (χ0n) is 23.1. The molecule has 1 saturated carbocycles. The van der Waals surface area contributed by atoms with Gasteiger partial charge in [-0.2, -0.15) is 0 Å². The first-order valence-corrected chi connectivity index (χ1v) is 14.2. The Hall–Kier alpha value is -4.17. The average molecular weight is 557 g/mol. The number of rotatable bonds is 12. The largest absolute Gasteiger partial charge is 0.481 e. The van der Waals surface area contributed by atoms with E-state index in [-0.39, 0.29) is 31.6 Å². The van der Waals surface area contributed by atoms with E-state index in [2.05, 4.69) is 22.8 Å². The molecule has 0 heterocycles. The highest BCUT2D eigenvalue weighted by atomic mass is 16.5. The van der Waals surface area contributed by atoms with E-state index in [0.717, 1.165) is 47.1 Å². The summed E-state index contributed by atoms with van der Waals surface area (Å²) in [4.78, 5) is 38.2. The van der Waals surface area contributed by atoms with Gasteiger partial charge in [0.25, 0.3) is 0 Å². The lowest BCUT2D eigenvalue weighted by molar-refractivity contribution is -0.145. The van der Waals surface area contributed by atoms with Crippen LogP contribution in [0.5, 0.6) is 0 Å². The lowest BCUT2D eigenvalue weighted by Gasteiger charge is -2.32. The lowest BCUT2D eigenvalue weighted by Crippen LogP contribution is -2.54. The summed E-state index contributed by atoms with van der Waals surface area (Å²) in [5, 5.41) is 15.1. The molecular formula is C33H36N2O6. The van der Waals surface area contributed by atoms with Gasteiger partial charge in [-0.05, 0) is 53.5 Å². The maximum Gasteiger partial charge on any atom is 0.407 e. The van der Waals surface area contributed by atoms with Gasteiger partial charge in [-0.1, -0.05) is 85.3 Å². The molecule has 1 fully saturated rings. The third-order valence-electron chi connectivity index (χ3n) is 8.26. The smallest absolute Gasteiger partial charge is 0.407 e. The van der Waals surface area contributed by atoms with Crippen LogP contribution in [-0.4, -0.2) is 48.4 Å². The summed E-state index contributed by atoms with van der Waals surface area (Å²) in [5.74, 6) is -2.17. The number of hydrogen-bond acceptors (Lipinski definition) is 5. The number of aliphatic carboxylic acids is 1. The molecule has 0 spiro atoms. The molecule has 3 aromatic rings. The van der Waals surface area contributed by atoms with Gasteiger partial charge in [0.15, 0.2) is 0 Å². The highest BCUT2D eigenvalue weighted by Gasteiger charge is 2.35. The fourth-order valence-corrected chi connectivity index (χ4v) is 5.68. The molecule has 0 aromatic heterocycles. The number of ether oxygens (including phenoxy) is 2. The molecule has 0 aliphatic heterocycles. The van der Waals surface area contributed by atoms with Crippen molar-refractivity contribution in [1.82, 2.24) is 10.6 Å². The van der Waals surface area contributed by atoms with Crippen molar-refractivity contribution < 1.29 is 29.0 Å². The number of nitrogens with one attached hydrogen (secondary N) is 2. The molecule has 3 N–H and O–H groups in total. The van der Waals surface area contributed by atoms with Crippen molar-refractivity contribution in [2.75, 3.05) is 13.2 Å². The SMILES string of the molecule is CC(OCc1ccccc1)C(NC(=O)OCC1c2ccccc2-c2ccccc21)C(=O)NCC(C(=O)O)C1CCC1. The average Bonchev–Trinajstić information content (AvgIpc) is 3.28. The second-order valence-electron chi connectivity index (χ2n) is 10.8. The van der Waals surface area contributed by atoms with Crippen molar-refractivity contribution in [2.45, 2.75) is 50.9 Å². The van der Waals surface area contributed by atoms with Gasteiger partial charge < -0.3 is 25.2 Å². The summed E-state index contributed by atoms with van der Waals surface area (Å²) in [5.41, 5.74) is 5.35. The number of carbonyl (C=O) groups excluding carboxylic acids is 2. The van der Waals surface area contributed by atoms with Crippen LogP contribution in [0.25, 0.3) is 11.1 Å². The van der Waals surface area contributed by atoms with Crippen molar-refractivity contribution in [3.8, 4) is 11.1 Å². The van der Waals surface area contributed by atoms with E-state index in [0.29, 0.717) is 0 Å². The molecule has 0 saturated heterocycles. The van der Waals surface area contributed by atoms with Gasteiger partial charge in [0.1, 0.15) is 12.6 Å². The molecule has 0 radical (unpaired) electrons. The van der Waals surface area contributed by atoms with Gasteiger partial charge in [0.05, 0.1) is 18.6 Å². The third-order valence-corrected chi connectivity index (χ3v) is 8.26. The normalized spacial score (nSPS) is 16.4. The summed E-state index contributed by atoms with van der Waals surface area (Å²) in [7, 11) is 0. The fraction of sp³-hybridized carbons (Fsp3) is 0.364. The first-order valence-electron chi connectivity index (χ1n) is 14.2. The van der Waals surface area contributed by atoms with Crippen molar-refractivity contribution >= 4 is 18.0 Å². The van der Waals surface area contributed by atoms with Crippen LogP contribution in [0.4, 0.5) is 4.79 Å². The van der Waals surface area contributed by atoms with Crippen LogP contribution >= 0.6 is 0 Å². The zero-order chi connectivity index (χ0) is 28.8. The van der Waals surface area contributed by atoms with Crippen LogP contribution in [0.1, 0.15) is 48.8 Å². The number of carboxylic acid groups (broad SMARTS) is 1. The topological polar surface area (TPSA) is 114 Å². The summed E-state index contributed by atoms with van der Waals surface area (Å²) < 4.78 is 11.7. The highest BCUT2D eigenvalue weighted by molar-refractivity contribution is 5.87. The summed E-state index contributed by atoms with van der Waals surface area (Å²) >= 11 is 0. The molecule has 41 heavy (non-hydrogen) atoms. The third kappa shape index (κ3) is 6.60. The number of alkyl carbamates (subject to hydrolysis) is 1. The number of carbonyl (C=O) groups is 3. The summed E-state index contributed by atoms with van der Waals surface area (Å²) in [6, 6.07) is 24.6. The maximum absolute atomic E-state index is 13.3. The molecule has 2 amide bonds. The van der Waals surface area contributed by atoms with Gasteiger partial charge in [-0.3, -0.25) is 9.59 Å². The van der Waals surface area contributed by atoms with E-state index >= 15 is 0 Å². The first kappa shape index (κ1) is 28.4.